The van der Waals surface area contributed by atoms with E-state index < -0.39 is 0 Å². The molecule has 28 heavy (non-hydrogen) atoms. The van der Waals surface area contributed by atoms with Crippen molar-refractivity contribution in [3.8, 4) is 11.1 Å². The standard InChI is InChI=1S/C24H19ClN2O/c1-16-19(15-23(28)27-22-14-8-6-12-20(22)25)24(17-9-3-2-4-10-17)18-11-5-7-13-21(18)26-16/h2-14H,15H2,1H3,(H,27,28). The van der Waals surface area contributed by atoms with Gasteiger partial charge in [0.2, 0.25) is 5.91 Å². The summed E-state index contributed by atoms with van der Waals surface area (Å²) < 4.78 is 0. The first-order chi connectivity index (χ1) is 13.6. The Hall–Kier alpha value is -3.17. The number of nitrogens with zero attached hydrogens (tertiary/aromatic N) is 1. The second kappa shape index (κ2) is 7.83. The summed E-state index contributed by atoms with van der Waals surface area (Å²) in [6.45, 7) is 1.96. The molecule has 4 rings (SSSR count). The molecule has 0 aliphatic rings. The third-order valence-electron chi connectivity index (χ3n) is 4.75. The van der Waals surface area contributed by atoms with Gasteiger partial charge in [0.05, 0.1) is 22.6 Å². The fourth-order valence-corrected chi connectivity index (χ4v) is 3.63. The Bertz CT molecular complexity index is 1160. The van der Waals surface area contributed by atoms with Crippen LogP contribution in [0.25, 0.3) is 22.0 Å². The summed E-state index contributed by atoms with van der Waals surface area (Å²) in [7, 11) is 0. The van der Waals surface area contributed by atoms with Gasteiger partial charge >= 0.3 is 0 Å². The molecule has 0 radical (unpaired) electrons. The molecule has 0 saturated heterocycles. The van der Waals surface area contributed by atoms with Crippen molar-refractivity contribution < 1.29 is 4.79 Å². The predicted molar refractivity (Wildman–Crippen MR) is 116 cm³/mol. The molecule has 3 nitrogen and oxygen atoms in total. The number of nitrogens with one attached hydrogen (secondary N) is 1. The van der Waals surface area contributed by atoms with Crippen LogP contribution in [-0.4, -0.2) is 10.9 Å². The normalized spacial score (nSPS) is 10.8. The summed E-state index contributed by atoms with van der Waals surface area (Å²) in [6, 6.07) is 25.4. The van der Waals surface area contributed by atoms with E-state index in [2.05, 4.69) is 23.5 Å². The number of anilines is 1. The molecular weight excluding hydrogens is 368 g/mol. The number of halogens is 1. The maximum atomic E-state index is 12.8. The molecule has 0 aliphatic carbocycles. The fraction of sp³-hybridized carbons (Fsp3) is 0.0833. The molecule has 4 aromatic rings. The molecule has 0 saturated carbocycles. The molecule has 1 aromatic heterocycles. The molecule has 0 aliphatic heterocycles. The lowest BCUT2D eigenvalue weighted by Crippen LogP contribution is -2.16. The van der Waals surface area contributed by atoms with Gasteiger partial charge in [-0.05, 0) is 41.8 Å². The number of rotatable bonds is 4. The summed E-state index contributed by atoms with van der Waals surface area (Å²) in [5.74, 6) is -0.120. The van der Waals surface area contributed by atoms with Crippen molar-refractivity contribution in [1.29, 1.82) is 0 Å². The van der Waals surface area contributed by atoms with Crippen LogP contribution >= 0.6 is 11.6 Å². The highest BCUT2D eigenvalue weighted by molar-refractivity contribution is 6.33. The Morgan fingerprint density at radius 3 is 2.39 bits per heavy atom. The lowest BCUT2D eigenvalue weighted by Gasteiger charge is -2.16. The number of hydrogen-bond donors (Lipinski definition) is 1. The quantitative estimate of drug-likeness (QED) is 0.464. The number of amides is 1. The molecule has 0 unspecified atom stereocenters. The Labute approximate surface area is 169 Å². The van der Waals surface area contributed by atoms with E-state index in [4.69, 9.17) is 16.6 Å². The van der Waals surface area contributed by atoms with Crippen LogP contribution in [0, 0.1) is 6.92 Å². The number of hydrogen-bond acceptors (Lipinski definition) is 2. The SMILES string of the molecule is Cc1nc2ccccc2c(-c2ccccc2)c1CC(=O)Nc1ccccc1Cl. The molecular formula is C24H19ClN2O. The number of para-hydroxylation sites is 2. The van der Waals surface area contributed by atoms with Crippen molar-refractivity contribution in [3.63, 3.8) is 0 Å². The minimum absolute atomic E-state index is 0.120. The monoisotopic (exact) mass is 386 g/mol. The topological polar surface area (TPSA) is 42.0 Å². The maximum absolute atomic E-state index is 12.8. The highest BCUT2D eigenvalue weighted by Crippen LogP contribution is 2.33. The molecule has 1 heterocycles. The zero-order valence-corrected chi connectivity index (χ0v) is 16.2. The minimum atomic E-state index is -0.120. The van der Waals surface area contributed by atoms with E-state index in [1.54, 1.807) is 12.1 Å². The number of pyridine rings is 1. The molecule has 0 fully saturated rings. The first-order valence-corrected chi connectivity index (χ1v) is 9.49. The second-order valence-electron chi connectivity index (χ2n) is 6.64. The van der Waals surface area contributed by atoms with Gasteiger partial charge in [-0.15, -0.1) is 0 Å². The summed E-state index contributed by atoms with van der Waals surface area (Å²) in [5, 5.41) is 4.48. The number of carbonyl (C=O) groups is 1. The lowest BCUT2D eigenvalue weighted by atomic mass is 9.92. The Morgan fingerprint density at radius 2 is 1.61 bits per heavy atom. The molecule has 1 amide bonds. The third-order valence-corrected chi connectivity index (χ3v) is 5.08. The zero-order chi connectivity index (χ0) is 19.5. The summed E-state index contributed by atoms with van der Waals surface area (Å²) in [5.41, 5.74) is 5.44. The third kappa shape index (κ3) is 3.62. The highest BCUT2D eigenvalue weighted by atomic mass is 35.5. The summed E-state index contributed by atoms with van der Waals surface area (Å²) >= 11 is 6.18. The van der Waals surface area contributed by atoms with Gasteiger partial charge in [0.25, 0.3) is 0 Å². The van der Waals surface area contributed by atoms with E-state index in [1.807, 2.05) is 55.5 Å². The number of fused-ring (bicyclic) bond motifs is 1. The maximum Gasteiger partial charge on any atom is 0.228 e. The van der Waals surface area contributed by atoms with Crippen molar-refractivity contribution in [1.82, 2.24) is 4.98 Å². The number of benzene rings is 3. The lowest BCUT2D eigenvalue weighted by molar-refractivity contribution is -0.115. The van der Waals surface area contributed by atoms with Crippen molar-refractivity contribution >= 4 is 34.1 Å². The van der Waals surface area contributed by atoms with E-state index in [0.717, 1.165) is 33.3 Å². The van der Waals surface area contributed by atoms with Gasteiger partial charge in [-0.2, -0.15) is 0 Å². The van der Waals surface area contributed by atoms with Crippen LogP contribution < -0.4 is 5.32 Å². The number of aromatic nitrogens is 1. The average Bonchev–Trinajstić information content (AvgIpc) is 2.71. The van der Waals surface area contributed by atoms with Crippen LogP contribution in [0.5, 0.6) is 0 Å². The zero-order valence-electron chi connectivity index (χ0n) is 15.4. The fourth-order valence-electron chi connectivity index (χ4n) is 3.44. The molecule has 0 atom stereocenters. The molecule has 0 spiro atoms. The highest BCUT2D eigenvalue weighted by Gasteiger charge is 2.17. The van der Waals surface area contributed by atoms with Gasteiger partial charge in [-0.1, -0.05) is 72.3 Å². The van der Waals surface area contributed by atoms with Gasteiger partial charge in [-0.3, -0.25) is 9.78 Å². The van der Waals surface area contributed by atoms with Crippen molar-refractivity contribution in [3.05, 3.63) is 95.1 Å². The van der Waals surface area contributed by atoms with E-state index >= 15 is 0 Å². The van der Waals surface area contributed by atoms with Crippen LogP contribution in [0.4, 0.5) is 5.69 Å². The van der Waals surface area contributed by atoms with Gasteiger partial charge in [0.15, 0.2) is 0 Å². The number of carbonyl (C=O) groups excluding carboxylic acids is 1. The molecule has 0 bridgehead atoms. The molecule has 4 heteroatoms. The summed E-state index contributed by atoms with van der Waals surface area (Å²) in [6.07, 6.45) is 0.221. The predicted octanol–water partition coefficient (Wildman–Crippen LogP) is 6.04. The molecule has 1 N–H and O–H groups in total. The van der Waals surface area contributed by atoms with E-state index in [-0.39, 0.29) is 12.3 Å². The second-order valence-corrected chi connectivity index (χ2v) is 7.05. The first-order valence-electron chi connectivity index (χ1n) is 9.11. The number of aryl methyl sites for hydroxylation is 1. The largest absolute Gasteiger partial charge is 0.324 e. The van der Waals surface area contributed by atoms with Crippen molar-refractivity contribution in [2.45, 2.75) is 13.3 Å². The van der Waals surface area contributed by atoms with Crippen LogP contribution in [0.3, 0.4) is 0 Å². The van der Waals surface area contributed by atoms with Crippen LogP contribution in [0.1, 0.15) is 11.3 Å². The first kappa shape index (κ1) is 18.2. The van der Waals surface area contributed by atoms with Gasteiger partial charge < -0.3 is 5.32 Å². The van der Waals surface area contributed by atoms with Gasteiger partial charge in [0, 0.05) is 11.1 Å². The van der Waals surface area contributed by atoms with Gasteiger partial charge in [0.1, 0.15) is 0 Å². The summed E-state index contributed by atoms with van der Waals surface area (Å²) in [4.78, 5) is 17.5. The van der Waals surface area contributed by atoms with E-state index in [1.165, 1.54) is 0 Å². The molecule has 138 valence electrons. The Morgan fingerprint density at radius 1 is 0.929 bits per heavy atom. The smallest absolute Gasteiger partial charge is 0.228 e. The van der Waals surface area contributed by atoms with Crippen molar-refractivity contribution in [2.24, 2.45) is 0 Å². The minimum Gasteiger partial charge on any atom is -0.324 e. The average molecular weight is 387 g/mol. The van der Waals surface area contributed by atoms with E-state index in [0.29, 0.717) is 10.7 Å². The van der Waals surface area contributed by atoms with Crippen LogP contribution in [-0.2, 0) is 11.2 Å². The Balaban J connectivity index is 1.79. The van der Waals surface area contributed by atoms with Gasteiger partial charge in [-0.25, -0.2) is 0 Å². The van der Waals surface area contributed by atoms with E-state index in [9.17, 15) is 4.79 Å². The Kier molecular flexibility index (Phi) is 5.09. The van der Waals surface area contributed by atoms with Crippen LogP contribution in [0.2, 0.25) is 5.02 Å². The molecule has 3 aromatic carbocycles. The van der Waals surface area contributed by atoms with Crippen LogP contribution in [0.15, 0.2) is 78.9 Å². The van der Waals surface area contributed by atoms with Crippen molar-refractivity contribution in [2.75, 3.05) is 5.32 Å².